The van der Waals surface area contributed by atoms with E-state index < -0.39 is 10.0 Å². The summed E-state index contributed by atoms with van der Waals surface area (Å²) >= 11 is 0. The number of carbonyl (C=O) groups is 1. The highest BCUT2D eigenvalue weighted by molar-refractivity contribution is 7.89. The first kappa shape index (κ1) is 21.2. The Morgan fingerprint density at radius 1 is 1.12 bits per heavy atom. The van der Waals surface area contributed by atoms with Crippen molar-refractivity contribution in [1.29, 1.82) is 0 Å². The average Bonchev–Trinajstić information content (AvgIpc) is 3.09. The van der Waals surface area contributed by atoms with Crippen LogP contribution in [0, 0.1) is 0 Å². The first-order chi connectivity index (χ1) is 12.0. The lowest BCUT2D eigenvalue weighted by molar-refractivity contribution is -0.132. The lowest BCUT2D eigenvalue weighted by atomic mass is 10.1. The van der Waals surface area contributed by atoms with E-state index in [1.54, 1.807) is 11.0 Å². The van der Waals surface area contributed by atoms with E-state index in [1.165, 1.54) is 15.4 Å². The third kappa shape index (κ3) is 4.57. The fourth-order valence-corrected chi connectivity index (χ4v) is 5.08. The molecule has 26 heavy (non-hydrogen) atoms. The van der Waals surface area contributed by atoms with E-state index >= 15 is 0 Å². The molecule has 3 rings (SSSR count). The van der Waals surface area contributed by atoms with Gasteiger partial charge in [0.2, 0.25) is 15.9 Å². The molecule has 0 bridgehead atoms. The van der Waals surface area contributed by atoms with Gasteiger partial charge in [0.25, 0.3) is 0 Å². The maximum absolute atomic E-state index is 12.9. The van der Waals surface area contributed by atoms with Crippen LogP contribution in [0.1, 0.15) is 30.4 Å². The zero-order chi connectivity index (χ0) is 17.9. The van der Waals surface area contributed by atoms with Gasteiger partial charge in [0.15, 0.2) is 0 Å². The summed E-state index contributed by atoms with van der Waals surface area (Å²) in [6.07, 6.45) is 4.44. The molecule has 0 atom stereocenters. The second-order valence-corrected chi connectivity index (χ2v) is 8.71. The number of sulfonamides is 1. The van der Waals surface area contributed by atoms with E-state index in [4.69, 9.17) is 0 Å². The Hall–Kier alpha value is -1.15. The van der Waals surface area contributed by atoms with Crippen LogP contribution in [0.5, 0.6) is 0 Å². The third-order valence-corrected chi connectivity index (χ3v) is 7.01. The van der Waals surface area contributed by atoms with E-state index in [2.05, 4.69) is 5.32 Å². The molecule has 1 aromatic rings. The Morgan fingerprint density at radius 3 is 2.50 bits per heavy atom. The highest BCUT2D eigenvalue weighted by Gasteiger charge is 2.30. The quantitative estimate of drug-likeness (QED) is 0.732. The number of fused-ring (bicyclic) bond motifs is 1. The van der Waals surface area contributed by atoms with E-state index in [9.17, 15) is 13.2 Å². The van der Waals surface area contributed by atoms with Crippen molar-refractivity contribution in [3.05, 3.63) is 29.3 Å². The SMILES string of the molecule is CNCCCC(=O)N1CCN(S(=O)(=O)c2ccc3c(c2)CCC3)CC1.Cl. The highest BCUT2D eigenvalue weighted by Crippen LogP contribution is 2.26. The molecule has 0 spiro atoms. The number of carbonyl (C=O) groups excluding carboxylic acids is 1. The van der Waals surface area contributed by atoms with Crippen molar-refractivity contribution in [3.63, 3.8) is 0 Å². The summed E-state index contributed by atoms with van der Waals surface area (Å²) < 4.78 is 27.3. The first-order valence-electron chi connectivity index (χ1n) is 9.06. The summed E-state index contributed by atoms with van der Waals surface area (Å²) in [5.74, 6) is 0.116. The number of aryl methyl sites for hydroxylation is 2. The molecule has 0 radical (unpaired) electrons. The number of nitrogens with zero attached hydrogens (tertiary/aromatic N) is 2. The van der Waals surface area contributed by atoms with Crippen molar-refractivity contribution < 1.29 is 13.2 Å². The van der Waals surface area contributed by atoms with E-state index in [-0.39, 0.29) is 18.3 Å². The van der Waals surface area contributed by atoms with Crippen molar-refractivity contribution in [2.24, 2.45) is 0 Å². The van der Waals surface area contributed by atoms with E-state index in [0.717, 1.165) is 32.2 Å². The van der Waals surface area contributed by atoms with Gasteiger partial charge in [0.1, 0.15) is 0 Å². The van der Waals surface area contributed by atoms with Gasteiger partial charge < -0.3 is 10.2 Å². The van der Waals surface area contributed by atoms with Gasteiger partial charge in [-0.25, -0.2) is 8.42 Å². The normalized spacial score (nSPS) is 17.7. The Bertz CT molecular complexity index is 731. The molecule has 1 heterocycles. The molecule has 8 heteroatoms. The molecule has 2 aliphatic rings. The Labute approximate surface area is 162 Å². The zero-order valence-electron chi connectivity index (χ0n) is 15.2. The van der Waals surface area contributed by atoms with Crippen LogP contribution in [-0.2, 0) is 27.7 Å². The van der Waals surface area contributed by atoms with Crippen LogP contribution >= 0.6 is 12.4 Å². The van der Waals surface area contributed by atoms with Gasteiger partial charge in [-0.1, -0.05) is 6.07 Å². The maximum Gasteiger partial charge on any atom is 0.243 e. The van der Waals surface area contributed by atoms with Crippen LogP contribution in [0.2, 0.25) is 0 Å². The number of halogens is 1. The number of hydrogen-bond donors (Lipinski definition) is 1. The number of amides is 1. The number of benzene rings is 1. The molecule has 1 aliphatic heterocycles. The smallest absolute Gasteiger partial charge is 0.243 e. The number of nitrogens with one attached hydrogen (secondary N) is 1. The van der Waals surface area contributed by atoms with Gasteiger partial charge >= 0.3 is 0 Å². The molecule has 1 amide bonds. The third-order valence-electron chi connectivity index (χ3n) is 5.12. The summed E-state index contributed by atoms with van der Waals surface area (Å²) in [5.41, 5.74) is 2.44. The van der Waals surface area contributed by atoms with Crippen molar-refractivity contribution in [1.82, 2.24) is 14.5 Å². The Kier molecular flexibility index (Phi) is 7.46. The Morgan fingerprint density at radius 2 is 1.81 bits per heavy atom. The standard InChI is InChI=1S/C18H27N3O3S.ClH/c1-19-9-3-6-18(22)20-10-12-21(13-11-20)25(23,24)17-8-7-15-4-2-5-16(15)14-17;/h7-8,14,19H,2-6,9-13H2,1H3;1H. The molecule has 1 saturated heterocycles. The minimum absolute atomic E-state index is 0. The zero-order valence-corrected chi connectivity index (χ0v) is 16.9. The number of piperazine rings is 1. The average molecular weight is 402 g/mol. The van der Waals surface area contributed by atoms with E-state index in [1.807, 2.05) is 19.2 Å². The fourth-order valence-electron chi connectivity index (χ4n) is 3.61. The summed E-state index contributed by atoms with van der Waals surface area (Å²) in [6, 6.07) is 5.53. The second-order valence-electron chi connectivity index (χ2n) is 6.78. The first-order valence-corrected chi connectivity index (χ1v) is 10.5. The van der Waals surface area contributed by atoms with Gasteiger partial charge in [0.05, 0.1) is 4.90 Å². The molecule has 1 fully saturated rings. The summed E-state index contributed by atoms with van der Waals surface area (Å²) in [4.78, 5) is 14.3. The summed E-state index contributed by atoms with van der Waals surface area (Å²) in [5, 5.41) is 3.03. The molecule has 0 unspecified atom stereocenters. The molecule has 1 aliphatic carbocycles. The largest absolute Gasteiger partial charge is 0.340 e. The molecule has 1 aromatic carbocycles. The summed E-state index contributed by atoms with van der Waals surface area (Å²) in [7, 11) is -1.60. The number of rotatable bonds is 6. The number of hydrogen-bond acceptors (Lipinski definition) is 4. The van der Waals surface area contributed by atoms with Crippen molar-refractivity contribution in [3.8, 4) is 0 Å². The molecule has 6 nitrogen and oxygen atoms in total. The minimum Gasteiger partial charge on any atom is -0.340 e. The monoisotopic (exact) mass is 401 g/mol. The predicted molar refractivity (Wildman–Crippen MR) is 104 cm³/mol. The second kappa shape index (κ2) is 9.17. The van der Waals surface area contributed by atoms with Crippen LogP contribution < -0.4 is 5.32 Å². The van der Waals surface area contributed by atoms with Crippen LogP contribution in [0.15, 0.2) is 23.1 Å². The van der Waals surface area contributed by atoms with Crippen LogP contribution in [0.3, 0.4) is 0 Å². The predicted octanol–water partition coefficient (Wildman–Crippen LogP) is 1.43. The topological polar surface area (TPSA) is 69.7 Å². The van der Waals surface area contributed by atoms with Gasteiger partial charge in [-0.15, -0.1) is 12.4 Å². The lowest BCUT2D eigenvalue weighted by Crippen LogP contribution is -2.50. The van der Waals surface area contributed by atoms with Crippen LogP contribution in [-0.4, -0.2) is 63.3 Å². The van der Waals surface area contributed by atoms with Gasteiger partial charge in [-0.05, 0) is 62.5 Å². The molecule has 1 N–H and O–H groups in total. The fraction of sp³-hybridized carbons (Fsp3) is 0.611. The summed E-state index contributed by atoms with van der Waals surface area (Å²) in [6.45, 7) is 2.51. The Balaban J connectivity index is 0.00000243. The highest BCUT2D eigenvalue weighted by atomic mass is 35.5. The maximum atomic E-state index is 12.9. The molecule has 0 saturated carbocycles. The molecule has 146 valence electrons. The van der Waals surface area contributed by atoms with Gasteiger partial charge in [-0.3, -0.25) is 4.79 Å². The molecule has 0 aromatic heterocycles. The van der Waals surface area contributed by atoms with Crippen molar-refractivity contribution >= 4 is 28.3 Å². The van der Waals surface area contributed by atoms with Gasteiger partial charge in [0, 0.05) is 32.6 Å². The lowest BCUT2D eigenvalue weighted by Gasteiger charge is -2.34. The van der Waals surface area contributed by atoms with Crippen molar-refractivity contribution in [2.75, 3.05) is 39.8 Å². The minimum atomic E-state index is -3.47. The van der Waals surface area contributed by atoms with E-state index in [0.29, 0.717) is 37.5 Å². The van der Waals surface area contributed by atoms with Crippen molar-refractivity contribution in [2.45, 2.75) is 37.0 Å². The molecular formula is C18H28ClN3O3S. The van der Waals surface area contributed by atoms with Crippen LogP contribution in [0.4, 0.5) is 0 Å². The van der Waals surface area contributed by atoms with Crippen LogP contribution in [0.25, 0.3) is 0 Å². The molecular weight excluding hydrogens is 374 g/mol. The van der Waals surface area contributed by atoms with Gasteiger partial charge in [-0.2, -0.15) is 4.31 Å².